The summed E-state index contributed by atoms with van der Waals surface area (Å²) in [6, 6.07) is 13.6. The third-order valence-electron chi connectivity index (χ3n) is 4.85. The van der Waals surface area contributed by atoms with Crippen molar-refractivity contribution in [3.05, 3.63) is 71.7 Å². The number of fused-ring (bicyclic) bond motifs is 1. The average Bonchev–Trinajstić information content (AvgIpc) is 3.11. The first kappa shape index (κ1) is 18.2. The smallest absolute Gasteiger partial charge is 0.226 e. The lowest BCUT2D eigenvalue weighted by Gasteiger charge is -2.28. The highest BCUT2D eigenvalue weighted by Crippen LogP contribution is 2.41. The van der Waals surface area contributed by atoms with Crippen molar-refractivity contribution < 1.29 is 9.53 Å². The van der Waals surface area contributed by atoms with Crippen LogP contribution < -0.4 is 10.1 Å². The minimum Gasteiger partial charge on any atom is -0.487 e. The monoisotopic (exact) mass is 376 g/mol. The maximum absolute atomic E-state index is 12.5. The fourth-order valence-electron chi connectivity index (χ4n) is 3.54. The van der Waals surface area contributed by atoms with Gasteiger partial charge in [0.05, 0.1) is 17.4 Å². The van der Waals surface area contributed by atoms with Gasteiger partial charge in [0.2, 0.25) is 5.91 Å². The predicted octanol–water partition coefficient (Wildman–Crippen LogP) is 4.09. The highest BCUT2D eigenvalue weighted by molar-refractivity contribution is 5.94. The summed E-state index contributed by atoms with van der Waals surface area (Å²) in [4.78, 5) is 16.8. The molecule has 1 aromatic carbocycles. The molecule has 1 N–H and O–H groups in total. The van der Waals surface area contributed by atoms with E-state index in [4.69, 9.17) is 4.74 Å². The third-order valence-corrected chi connectivity index (χ3v) is 4.85. The van der Waals surface area contributed by atoms with E-state index in [0.29, 0.717) is 13.0 Å². The molecule has 0 unspecified atom stereocenters. The van der Waals surface area contributed by atoms with Gasteiger partial charge in [-0.3, -0.25) is 9.78 Å². The molecule has 3 aromatic rings. The Balaban J connectivity index is 1.69. The van der Waals surface area contributed by atoms with E-state index in [1.807, 2.05) is 53.3 Å². The van der Waals surface area contributed by atoms with E-state index in [9.17, 15) is 4.79 Å². The molecule has 28 heavy (non-hydrogen) atoms. The number of carbonyl (C=O) groups excluding carboxylic acids is 1. The van der Waals surface area contributed by atoms with Crippen molar-refractivity contribution in [2.45, 2.75) is 45.3 Å². The summed E-state index contributed by atoms with van der Waals surface area (Å²) >= 11 is 0. The van der Waals surface area contributed by atoms with Crippen LogP contribution in [0, 0.1) is 0 Å². The number of amides is 1. The van der Waals surface area contributed by atoms with Gasteiger partial charge in [-0.25, -0.2) is 4.68 Å². The number of nitrogens with one attached hydrogen (secondary N) is 1. The first-order valence-electron chi connectivity index (χ1n) is 9.43. The number of rotatable bonds is 4. The van der Waals surface area contributed by atoms with Crippen LogP contribution in [0.1, 0.15) is 49.9 Å². The first-order chi connectivity index (χ1) is 13.4. The van der Waals surface area contributed by atoms with E-state index in [2.05, 4.69) is 36.2 Å². The van der Waals surface area contributed by atoms with Crippen molar-refractivity contribution in [2.24, 2.45) is 0 Å². The fourth-order valence-corrected chi connectivity index (χ4v) is 3.54. The molecule has 0 saturated heterocycles. The molecule has 4 rings (SSSR count). The Morgan fingerprint density at radius 1 is 1.14 bits per heavy atom. The van der Waals surface area contributed by atoms with Gasteiger partial charge >= 0.3 is 0 Å². The Kier molecular flexibility index (Phi) is 4.63. The predicted molar refractivity (Wildman–Crippen MR) is 107 cm³/mol. The summed E-state index contributed by atoms with van der Waals surface area (Å²) in [6.07, 6.45) is 3.98. The molecule has 3 heterocycles. The number of hydrogen-bond donors (Lipinski definition) is 1. The molecule has 0 fully saturated rings. The Morgan fingerprint density at radius 3 is 2.68 bits per heavy atom. The van der Waals surface area contributed by atoms with E-state index in [-0.39, 0.29) is 17.4 Å². The minimum absolute atomic E-state index is 0.0111. The number of anilines is 1. The zero-order valence-corrected chi connectivity index (χ0v) is 16.3. The lowest BCUT2D eigenvalue weighted by molar-refractivity contribution is -0.116. The molecular formula is C22H24N4O2. The van der Waals surface area contributed by atoms with Crippen LogP contribution in [0.5, 0.6) is 5.75 Å². The summed E-state index contributed by atoms with van der Waals surface area (Å²) in [5.41, 5.74) is 2.64. The number of nitrogens with zero attached hydrogens (tertiary/aromatic N) is 3. The maximum Gasteiger partial charge on any atom is 0.226 e. The summed E-state index contributed by atoms with van der Waals surface area (Å²) in [7, 11) is 0. The van der Waals surface area contributed by atoms with Gasteiger partial charge in [-0.2, -0.15) is 5.10 Å². The molecule has 0 saturated carbocycles. The number of para-hydroxylation sites is 1. The lowest BCUT2D eigenvalue weighted by atomic mass is 9.86. The minimum atomic E-state index is -0.224. The van der Waals surface area contributed by atoms with Crippen LogP contribution in [-0.2, 0) is 16.9 Å². The van der Waals surface area contributed by atoms with Gasteiger partial charge in [0.15, 0.2) is 0 Å². The molecule has 0 aliphatic carbocycles. The van der Waals surface area contributed by atoms with E-state index in [1.165, 1.54) is 0 Å². The number of benzene rings is 1. The molecule has 1 atom stereocenters. The standard InChI is InChI=1S/C22H24N4O2/c1-22(2,3)26-21-18(13-24-26)17(12-20(27)25-21)16-9-4-5-10-19(16)28-14-15-8-6-7-11-23-15/h4-11,13,17H,12,14H2,1-3H3,(H,25,27)/t17-/m0/s1. The average molecular weight is 376 g/mol. The molecule has 0 bridgehead atoms. The van der Waals surface area contributed by atoms with Crippen LogP contribution in [0.4, 0.5) is 5.82 Å². The van der Waals surface area contributed by atoms with Crippen LogP contribution in [0.25, 0.3) is 0 Å². The second-order valence-electron chi connectivity index (χ2n) is 7.98. The van der Waals surface area contributed by atoms with E-state index in [0.717, 1.165) is 28.4 Å². The third kappa shape index (κ3) is 3.50. The van der Waals surface area contributed by atoms with Gasteiger partial charge in [0, 0.05) is 29.7 Å². The molecule has 2 aromatic heterocycles. The van der Waals surface area contributed by atoms with Gasteiger partial charge in [-0.05, 0) is 39.0 Å². The van der Waals surface area contributed by atoms with Gasteiger partial charge < -0.3 is 10.1 Å². The summed E-state index contributed by atoms with van der Waals surface area (Å²) in [6.45, 7) is 6.59. The van der Waals surface area contributed by atoms with Crippen molar-refractivity contribution >= 4 is 11.7 Å². The molecule has 1 amide bonds. The zero-order valence-electron chi connectivity index (χ0n) is 16.3. The number of pyridine rings is 1. The molecular weight excluding hydrogens is 352 g/mol. The van der Waals surface area contributed by atoms with Crippen LogP contribution in [-0.4, -0.2) is 20.7 Å². The van der Waals surface area contributed by atoms with Gasteiger partial charge in [0.25, 0.3) is 0 Å². The SMILES string of the molecule is CC(C)(C)n1ncc2c1NC(=O)C[C@H]2c1ccccc1OCc1ccccn1. The van der Waals surface area contributed by atoms with Crippen LogP contribution >= 0.6 is 0 Å². The maximum atomic E-state index is 12.5. The topological polar surface area (TPSA) is 69.0 Å². The van der Waals surface area contributed by atoms with Crippen LogP contribution in [0.15, 0.2) is 54.9 Å². The lowest BCUT2D eigenvalue weighted by Crippen LogP contribution is -2.30. The summed E-state index contributed by atoms with van der Waals surface area (Å²) < 4.78 is 7.96. The van der Waals surface area contributed by atoms with E-state index in [1.54, 1.807) is 6.20 Å². The highest BCUT2D eigenvalue weighted by atomic mass is 16.5. The molecule has 6 nitrogen and oxygen atoms in total. The largest absolute Gasteiger partial charge is 0.487 e. The van der Waals surface area contributed by atoms with Crippen molar-refractivity contribution in [2.75, 3.05) is 5.32 Å². The van der Waals surface area contributed by atoms with E-state index < -0.39 is 0 Å². The fraction of sp³-hybridized carbons (Fsp3) is 0.318. The summed E-state index contributed by atoms with van der Waals surface area (Å²) in [5, 5.41) is 7.56. The van der Waals surface area contributed by atoms with Crippen molar-refractivity contribution in [1.82, 2.24) is 14.8 Å². The van der Waals surface area contributed by atoms with Crippen molar-refractivity contribution in [3.63, 3.8) is 0 Å². The molecule has 1 aliphatic rings. The number of ether oxygens (including phenoxy) is 1. The normalized spacial score (nSPS) is 16.4. The second kappa shape index (κ2) is 7.11. The Hall–Kier alpha value is -3.15. The molecule has 1 aliphatic heterocycles. The first-order valence-corrected chi connectivity index (χ1v) is 9.43. The second-order valence-corrected chi connectivity index (χ2v) is 7.98. The van der Waals surface area contributed by atoms with Crippen molar-refractivity contribution in [3.8, 4) is 5.75 Å². The Morgan fingerprint density at radius 2 is 1.93 bits per heavy atom. The van der Waals surface area contributed by atoms with E-state index >= 15 is 0 Å². The highest BCUT2D eigenvalue weighted by Gasteiger charge is 2.33. The van der Waals surface area contributed by atoms with Crippen LogP contribution in [0.3, 0.4) is 0 Å². The Bertz CT molecular complexity index is 989. The molecule has 0 radical (unpaired) electrons. The van der Waals surface area contributed by atoms with Gasteiger partial charge in [-0.1, -0.05) is 24.3 Å². The van der Waals surface area contributed by atoms with Gasteiger partial charge in [-0.15, -0.1) is 0 Å². The number of carbonyl (C=O) groups is 1. The number of hydrogen-bond acceptors (Lipinski definition) is 4. The molecule has 6 heteroatoms. The summed E-state index contributed by atoms with van der Waals surface area (Å²) in [5.74, 6) is 1.43. The quantitative estimate of drug-likeness (QED) is 0.745. The number of aromatic nitrogens is 3. The van der Waals surface area contributed by atoms with Crippen molar-refractivity contribution in [1.29, 1.82) is 0 Å². The molecule has 0 spiro atoms. The molecule has 144 valence electrons. The zero-order chi connectivity index (χ0) is 19.7. The van der Waals surface area contributed by atoms with Crippen LogP contribution in [0.2, 0.25) is 0 Å². The van der Waals surface area contributed by atoms with Gasteiger partial charge in [0.1, 0.15) is 18.2 Å². The Labute approximate surface area is 164 Å².